The second-order valence-electron chi connectivity index (χ2n) is 7.40. The molecule has 0 saturated carbocycles. The van der Waals surface area contributed by atoms with Crippen molar-refractivity contribution in [3.05, 3.63) is 0 Å². The Morgan fingerprint density at radius 1 is 1.27 bits per heavy atom. The van der Waals surface area contributed by atoms with Gasteiger partial charge in [0.2, 0.25) is 0 Å². The Morgan fingerprint density at radius 2 is 1.95 bits per heavy atom. The molecule has 0 N–H and O–H groups in total. The second-order valence-corrected chi connectivity index (χ2v) is 7.40. The molecule has 0 aromatic carbocycles. The van der Waals surface area contributed by atoms with Gasteiger partial charge in [0.25, 0.3) is 0 Å². The largest absolute Gasteiger partial charge is 0.469 e. The van der Waals surface area contributed by atoms with Crippen molar-refractivity contribution in [2.24, 2.45) is 23.7 Å². The minimum atomic E-state index is -0.521. The van der Waals surface area contributed by atoms with Crippen LogP contribution in [0.2, 0.25) is 0 Å². The van der Waals surface area contributed by atoms with E-state index in [2.05, 4.69) is 27.7 Å². The van der Waals surface area contributed by atoms with E-state index in [4.69, 9.17) is 14.2 Å². The zero-order chi connectivity index (χ0) is 16.5. The van der Waals surface area contributed by atoms with Crippen LogP contribution in [0.1, 0.15) is 60.3 Å². The van der Waals surface area contributed by atoms with E-state index in [9.17, 15) is 4.79 Å². The van der Waals surface area contributed by atoms with Crippen LogP contribution in [0.5, 0.6) is 0 Å². The standard InChI is InChI=1S/C18H32O4/c1-7-15-11(2)8-9-18(21-15)13(4)10-12(3)16(22-18)14(5)17(19)20-6/h11-16H,7-10H2,1-6H3/t11-,12-,13+,14+,15+,16-,18+/m0/s1. The predicted octanol–water partition coefficient (Wildman–Crippen LogP) is 3.78. The first-order valence-electron chi connectivity index (χ1n) is 8.78. The Bertz CT molecular complexity index is 397. The first-order chi connectivity index (χ1) is 10.3. The molecule has 0 aliphatic carbocycles. The van der Waals surface area contributed by atoms with E-state index in [0.717, 1.165) is 25.7 Å². The van der Waals surface area contributed by atoms with E-state index in [1.54, 1.807) is 0 Å². The average Bonchev–Trinajstić information content (AvgIpc) is 2.51. The van der Waals surface area contributed by atoms with E-state index >= 15 is 0 Å². The van der Waals surface area contributed by atoms with Crippen LogP contribution in [0, 0.1) is 23.7 Å². The second kappa shape index (κ2) is 6.88. The van der Waals surface area contributed by atoms with Gasteiger partial charge in [-0.1, -0.05) is 27.7 Å². The van der Waals surface area contributed by atoms with E-state index in [-0.39, 0.29) is 24.1 Å². The zero-order valence-electron chi connectivity index (χ0n) is 14.9. The highest BCUT2D eigenvalue weighted by molar-refractivity contribution is 5.72. The van der Waals surface area contributed by atoms with Crippen LogP contribution in [0.25, 0.3) is 0 Å². The highest BCUT2D eigenvalue weighted by Crippen LogP contribution is 2.47. The molecule has 2 saturated heterocycles. The lowest BCUT2D eigenvalue weighted by Crippen LogP contribution is -2.58. The van der Waals surface area contributed by atoms with Crippen LogP contribution in [-0.4, -0.2) is 31.1 Å². The molecule has 128 valence electrons. The Kier molecular flexibility index (Phi) is 5.54. The highest BCUT2D eigenvalue weighted by Gasteiger charge is 2.52. The predicted molar refractivity (Wildman–Crippen MR) is 85.3 cm³/mol. The van der Waals surface area contributed by atoms with Crippen LogP contribution in [-0.2, 0) is 19.0 Å². The molecule has 4 nitrogen and oxygen atoms in total. The Hall–Kier alpha value is -0.610. The summed E-state index contributed by atoms with van der Waals surface area (Å²) in [7, 11) is 1.44. The van der Waals surface area contributed by atoms with E-state index < -0.39 is 5.79 Å². The fourth-order valence-electron chi connectivity index (χ4n) is 4.23. The van der Waals surface area contributed by atoms with Crippen LogP contribution >= 0.6 is 0 Å². The Morgan fingerprint density at radius 3 is 2.55 bits per heavy atom. The summed E-state index contributed by atoms with van der Waals surface area (Å²) in [5.74, 6) is 0.280. The van der Waals surface area contributed by atoms with Gasteiger partial charge in [0.15, 0.2) is 5.79 Å². The lowest BCUT2D eigenvalue weighted by molar-refractivity contribution is -0.356. The topological polar surface area (TPSA) is 44.8 Å². The van der Waals surface area contributed by atoms with Crippen LogP contribution in [0.4, 0.5) is 0 Å². The van der Waals surface area contributed by atoms with Crippen molar-refractivity contribution in [3.63, 3.8) is 0 Å². The summed E-state index contributed by atoms with van der Waals surface area (Å²) < 4.78 is 17.9. The summed E-state index contributed by atoms with van der Waals surface area (Å²) in [6.45, 7) is 10.7. The molecule has 2 heterocycles. The van der Waals surface area contributed by atoms with Gasteiger partial charge >= 0.3 is 5.97 Å². The minimum Gasteiger partial charge on any atom is -0.469 e. The molecule has 0 aromatic rings. The van der Waals surface area contributed by atoms with Gasteiger partial charge < -0.3 is 14.2 Å². The van der Waals surface area contributed by atoms with Crippen molar-refractivity contribution in [3.8, 4) is 0 Å². The zero-order valence-corrected chi connectivity index (χ0v) is 14.9. The third-order valence-electron chi connectivity index (χ3n) is 5.77. The molecular formula is C18H32O4. The van der Waals surface area contributed by atoms with Crippen molar-refractivity contribution >= 4 is 5.97 Å². The van der Waals surface area contributed by atoms with Gasteiger partial charge in [-0.25, -0.2) is 0 Å². The number of ether oxygens (including phenoxy) is 3. The molecule has 0 amide bonds. The van der Waals surface area contributed by atoms with Crippen molar-refractivity contribution in [2.75, 3.05) is 7.11 Å². The average molecular weight is 312 g/mol. The molecule has 4 heteroatoms. The summed E-state index contributed by atoms with van der Waals surface area (Å²) in [5.41, 5.74) is 0. The number of carbonyl (C=O) groups excluding carboxylic acids is 1. The molecule has 0 radical (unpaired) electrons. The molecule has 22 heavy (non-hydrogen) atoms. The lowest BCUT2D eigenvalue weighted by atomic mass is 9.76. The van der Waals surface area contributed by atoms with Gasteiger partial charge in [-0.05, 0) is 38.0 Å². The first-order valence-corrected chi connectivity index (χ1v) is 8.78. The number of hydrogen-bond donors (Lipinski definition) is 0. The number of esters is 1. The maximum Gasteiger partial charge on any atom is 0.311 e. The van der Waals surface area contributed by atoms with Gasteiger partial charge in [-0.2, -0.15) is 0 Å². The van der Waals surface area contributed by atoms with Crippen molar-refractivity contribution in [1.29, 1.82) is 0 Å². The fraction of sp³-hybridized carbons (Fsp3) is 0.944. The fourth-order valence-corrected chi connectivity index (χ4v) is 4.23. The van der Waals surface area contributed by atoms with Crippen LogP contribution < -0.4 is 0 Å². The van der Waals surface area contributed by atoms with Gasteiger partial charge in [0.05, 0.1) is 25.2 Å². The molecule has 2 rings (SSSR count). The molecule has 2 aliphatic rings. The summed E-state index contributed by atoms with van der Waals surface area (Å²) >= 11 is 0. The quantitative estimate of drug-likeness (QED) is 0.744. The number of hydrogen-bond acceptors (Lipinski definition) is 4. The summed E-state index contributed by atoms with van der Waals surface area (Å²) in [6.07, 6.45) is 4.19. The molecule has 1 spiro atoms. The third-order valence-corrected chi connectivity index (χ3v) is 5.77. The lowest BCUT2D eigenvalue weighted by Gasteiger charge is -2.53. The molecule has 0 bridgehead atoms. The normalized spacial score (nSPS) is 43.8. The van der Waals surface area contributed by atoms with Crippen molar-refractivity contribution in [1.82, 2.24) is 0 Å². The summed E-state index contributed by atoms with van der Waals surface area (Å²) in [5, 5.41) is 0. The Labute approximate surface area is 134 Å². The van der Waals surface area contributed by atoms with E-state index in [1.165, 1.54) is 7.11 Å². The smallest absolute Gasteiger partial charge is 0.311 e. The molecule has 0 unspecified atom stereocenters. The third kappa shape index (κ3) is 3.18. The van der Waals surface area contributed by atoms with Crippen molar-refractivity contribution < 1.29 is 19.0 Å². The van der Waals surface area contributed by atoms with E-state index in [0.29, 0.717) is 17.8 Å². The maximum absolute atomic E-state index is 11.9. The first kappa shape index (κ1) is 17.7. The minimum absolute atomic E-state index is 0.130. The maximum atomic E-state index is 11.9. The number of carbonyl (C=O) groups is 1. The molecule has 0 aromatic heterocycles. The van der Waals surface area contributed by atoms with Gasteiger partial charge in [0.1, 0.15) is 0 Å². The van der Waals surface area contributed by atoms with Gasteiger partial charge in [-0.15, -0.1) is 0 Å². The number of methoxy groups -OCH3 is 1. The van der Waals surface area contributed by atoms with Gasteiger partial charge in [-0.3, -0.25) is 4.79 Å². The number of rotatable bonds is 3. The molecule has 2 fully saturated rings. The van der Waals surface area contributed by atoms with E-state index in [1.807, 2.05) is 6.92 Å². The summed E-state index contributed by atoms with van der Waals surface area (Å²) in [4.78, 5) is 11.9. The monoisotopic (exact) mass is 312 g/mol. The molecule has 7 atom stereocenters. The Balaban J connectivity index is 2.19. The van der Waals surface area contributed by atoms with Crippen LogP contribution in [0.15, 0.2) is 0 Å². The molecular weight excluding hydrogens is 280 g/mol. The SMILES string of the molecule is CC[C@H]1O[C@]2(CC[C@@H]1C)O[C@H]([C@@H](C)C(=O)OC)[C@@H](C)C[C@H]2C. The molecule has 2 aliphatic heterocycles. The van der Waals surface area contributed by atoms with Crippen LogP contribution in [0.3, 0.4) is 0 Å². The van der Waals surface area contributed by atoms with Crippen molar-refractivity contribution in [2.45, 2.75) is 78.3 Å². The summed E-state index contributed by atoms with van der Waals surface area (Å²) in [6, 6.07) is 0. The highest BCUT2D eigenvalue weighted by atomic mass is 16.7. The van der Waals surface area contributed by atoms with Gasteiger partial charge in [0, 0.05) is 12.3 Å².